The smallest absolute Gasteiger partial charge is 0.262 e. The van der Waals surface area contributed by atoms with Gasteiger partial charge in [0.2, 0.25) is 0 Å². The number of anilines is 1. The predicted molar refractivity (Wildman–Crippen MR) is 108 cm³/mol. The highest BCUT2D eigenvalue weighted by Gasteiger charge is 2.15. The van der Waals surface area contributed by atoms with Gasteiger partial charge in [0.05, 0.1) is 23.6 Å². The second kappa shape index (κ2) is 8.27. The Morgan fingerprint density at radius 1 is 1.11 bits per heavy atom. The first-order valence-electron chi connectivity index (χ1n) is 8.71. The fourth-order valence-electron chi connectivity index (χ4n) is 2.86. The molecule has 1 heterocycles. The first kappa shape index (κ1) is 19.0. The number of aromatic nitrogens is 2. The minimum absolute atomic E-state index is 0.0561. The van der Waals surface area contributed by atoms with E-state index in [9.17, 15) is 4.79 Å². The molecule has 0 atom stereocenters. The number of rotatable bonds is 6. The van der Waals surface area contributed by atoms with E-state index in [0.717, 1.165) is 22.5 Å². The monoisotopic (exact) mass is 383 g/mol. The average Bonchev–Trinajstić information content (AvgIpc) is 2.90. The third-order valence-electron chi connectivity index (χ3n) is 4.38. The molecule has 3 aromatic rings. The van der Waals surface area contributed by atoms with Crippen LogP contribution >= 0.6 is 11.6 Å². The van der Waals surface area contributed by atoms with Crippen LogP contribution in [0, 0.1) is 20.8 Å². The maximum Gasteiger partial charge on any atom is 0.262 e. The zero-order valence-electron chi connectivity index (χ0n) is 15.6. The maximum absolute atomic E-state index is 12.3. The summed E-state index contributed by atoms with van der Waals surface area (Å²) in [5.74, 6) is 0.484. The number of halogens is 1. The fourth-order valence-corrected chi connectivity index (χ4v) is 3.05. The van der Waals surface area contributed by atoms with E-state index in [1.165, 1.54) is 0 Å². The Balaban J connectivity index is 1.68. The van der Waals surface area contributed by atoms with Crippen molar-refractivity contribution >= 4 is 23.2 Å². The third kappa shape index (κ3) is 4.49. The highest BCUT2D eigenvalue weighted by Crippen LogP contribution is 2.23. The van der Waals surface area contributed by atoms with Crippen molar-refractivity contribution in [3.8, 4) is 5.75 Å². The molecule has 3 rings (SSSR count). The molecule has 1 N–H and O–H groups in total. The minimum Gasteiger partial charge on any atom is -0.483 e. The summed E-state index contributed by atoms with van der Waals surface area (Å²) in [6, 6.07) is 15.3. The second-order valence-corrected chi connectivity index (χ2v) is 6.80. The predicted octanol–water partition coefficient (Wildman–Crippen LogP) is 4.53. The molecule has 0 radical (unpaired) electrons. The van der Waals surface area contributed by atoms with Gasteiger partial charge in [-0.15, -0.1) is 0 Å². The number of carbonyl (C=O) groups excluding carboxylic acids is 1. The Hall–Kier alpha value is -2.79. The standard InChI is InChI=1S/C21H22ClN3O2/c1-14-8-4-7-11-19(14)27-13-20(26)23-21-15(2)24-25(16(21)3)12-17-9-5-6-10-18(17)22/h4-11H,12-13H2,1-3H3,(H,23,26). The van der Waals surface area contributed by atoms with E-state index in [2.05, 4.69) is 10.4 Å². The summed E-state index contributed by atoms with van der Waals surface area (Å²) in [6.07, 6.45) is 0. The topological polar surface area (TPSA) is 56.1 Å². The zero-order chi connectivity index (χ0) is 19.4. The van der Waals surface area contributed by atoms with Gasteiger partial charge >= 0.3 is 0 Å². The van der Waals surface area contributed by atoms with Gasteiger partial charge in [-0.3, -0.25) is 9.48 Å². The van der Waals surface area contributed by atoms with Crippen LogP contribution in [0.2, 0.25) is 5.02 Å². The van der Waals surface area contributed by atoms with Crippen LogP contribution in [0.15, 0.2) is 48.5 Å². The molecule has 27 heavy (non-hydrogen) atoms. The van der Waals surface area contributed by atoms with Crippen molar-refractivity contribution in [3.05, 3.63) is 76.1 Å². The summed E-state index contributed by atoms with van der Waals surface area (Å²) in [4.78, 5) is 12.3. The van der Waals surface area contributed by atoms with Crippen LogP contribution in [-0.4, -0.2) is 22.3 Å². The molecule has 0 aliphatic carbocycles. The fraction of sp³-hybridized carbons (Fsp3) is 0.238. The lowest BCUT2D eigenvalue weighted by atomic mass is 10.2. The molecule has 0 spiro atoms. The van der Waals surface area contributed by atoms with Crippen molar-refractivity contribution in [1.29, 1.82) is 0 Å². The van der Waals surface area contributed by atoms with Gasteiger partial charge in [0.25, 0.3) is 5.91 Å². The van der Waals surface area contributed by atoms with E-state index >= 15 is 0 Å². The van der Waals surface area contributed by atoms with Gasteiger partial charge in [0.1, 0.15) is 5.75 Å². The molecule has 6 heteroatoms. The molecule has 0 saturated carbocycles. The maximum atomic E-state index is 12.3. The molecule has 2 aromatic carbocycles. The number of hydrogen-bond donors (Lipinski definition) is 1. The van der Waals surface area contributed by atoms with Crippen molar-refractivity contribution < 1.29 is 9.53 Å². The van der Waals surface area contributed by atoms with E-state index in [1.54, 1.807) is 0 Å². The van der Waals surface area contributed by atoms with E-state index in [4.69, 9.17) is 16.3 Å². The molecule has 1 aromatic heterocycles. The van der Waals surface area contributed by atoms with Crippen LogP contribution in [0.5, 0.6) is 5.75 Å². The van der Waals surface area contributed by atoms with Crippen LogP contribution in [-0.2, 0) is 11.3 Å². The van der Waals surface area contributed by atoms with E-state index < -0.39 is 0 Å². The molecule has 0 bridgehead atoms. The van der Waals surface area contributed by atoms with Crippen LogP contribution in [0.1, 0.15) is 22.5 Å². The van der Waals surface area contributed by atoms with Crippen LogP contribution in [0.25, 0.3) is 0 Å². The van der Waals surface area contributed by atoms with Crippen LogP contribution in [0.4, 0.5) is 5.69 Å². The molecule has 140 valence electrons. The van der Waals surface area contributed by atoms with Crippen molar-refractivity contribution in [2.45, 2.75) is 27.3 Å². The number of benzene rings is 2. The minimum atomic E-state index is -0.221. The third-order valence-corrected chi connectivity index (χ3v) is 4.74. The van der Waals surface area contributed by atoms with Gasteiger partial charge in [-0.2, -0.15) is 5.10 Å². The lowest BCUT2D eigenvalue weighted by Crippen LogP contribution is -2.21. The highest BCUT2D eigenvalue weighted by atomic mass is 35.5. The van der Waals surface area contributed by atoms with E-state index in [0.29, 0.717) is 23.0 Å². The molecular weight excluding hydrogens is 362 g/mol. The Kier molecular flexibility index (Phi) is 5.81. The molecule has 0 saturated heterocycles. The van der Waals surface area contributed by atoms with Crippen molar-refractivity contribution in [2.75, 3.05) is 11.9 Å². The van der Waals surface area contributed by atoms with Gasteiger partial charge in [-0.05, 0) is 44.0 Å². The van der Waals surface area contributed by atoms with Crippen molar-refractivity contribution in [3.63, 3.8) is 0 Å². The Morgan fingerprint density at radius 3 is 2.56 bits per heavy atom. The molecule has 0 aliphatic rings. The normalized spacial score (nSPS) is 10.7. The molecule has 0 unspecified atom stereocenters. The first-order chi connectivity index (χ1) is 13.0. The largest absolute Gasteiger partial charge is 0.483 e. The van der Waals surface area contributed by atoms with Crippen molar-refractivity contribution in [1.82, 2.24) is 9.78 Å². The Bertz CT molecular complexity index is 966. The van der Waals surface area contributed by atoms with E-state index in [1.807, 2.05) is 74.0 Å². The summed E-state index contributed by atoms with van der Waals surface area (Å²) in [5.41, 5.74) is 4.30. The number of carbonyl (C=O) groups is 1. The lowest BCUT2D eigenvalue weighted by molar-refractivity contribution is -0.118. The van der Waals surface area contributed by atoms with Gasteiger partial charge in [0, 0.05) is 5.02 Å². The number of nitrogens with zero attached hydrogens (tertiary/aromatic N) is 2. The van der Waals surface area contributed by atoms with Gasteiger partial charge in [-0.1, -0.05) is 48.0 Å². The Morgan fingerprint density at radius 2 is 1.81 bits per heavy atom. The lowest BCUT2D eigenvalue weighted by Gasteiger charge is -2.10. The second-order valence-electron chi connectivity index (χ2n) is 6.40. The number of para-hydroxylation sites is 1. The van der Waals surface area contributed by atoms with E-state index in [-0.39, 0.29) is 12.5 Å². The molecule has 0 fully saturated rings. The number of ether oxygens (including phenoxy) is 1. The summed E-state index contributed by atoms with van der Waals surface area (Å²) in [5, 5.41) is 8.14. The molecule has 1 amide bonds. The van der Waals surface area contributed by atoms with Gasteiger partial charge < -0.3 is 10.1 Å². The SMILES string of the molecule is Cc1ccccc1OCC(=O)Nc1c(C)nn(Cc2ccccc2Cl)c1C. The van der Waals surface area contributed by atoms with Crippen LogP contribution < -0.4 is 10.1 Å². The summed E-state index contributed by atoms with van der Waals surface area (Å²) in [6.45, 7) is 6.23. The molecular formula is C21H22ClN3O2. The zero-order valence-corrected chi connectivity index (χ0v) is 16.4. The van der Waals surface area contributed by atoms with Crippen LogP contribution in [0.3, 0.4) is 0 Å². The number of amides is 1. The quantitative estimate of drug-likeness (QED) is 0.680. The van der Waals surface area contributed by atoms with Crippen molar-refractivity contribution in [2.24, 2.45) is 0 Å². The summed E-state index contributed by atoms with van der Waals surface area (Å²) in [7, 11) is 0. The highest BCUT2D eigenvalue weighted by molar-refractivity contribution is 6.31. The molecule has 5 nitrogen and oxygen atoms in total. The number of aryl methyl sites for hydroxylation is 2. The first-order valence-corrected chi connectivity index (χ1v) is 9.09. The van der Waals surface area contributed by atoms with Gasteiger partial charge in [-0.25, -0.2) is 0 Å². The summed E-state index contributed by atoms with van der Waals surface area (Å²) >= 11 is 6.24. The van der Waals surface area contributed by atoms with Gasteiger partial charge in [0.15, 0.2) is 6.61 Å². The number of nitrogens with one attached hydrogen (secondary N) is 1. The Labute approximate surface area is 163 Å². The average molecular weight is 384 g/mol. The summed E-state index contributed by atoms with van der Waals surface area (Å²) < 4.78 is 7.45. The number of hydrogen-bond acceptors (Lipinski definition) is 3. The molecule has 0 aliphatic heterocycles.